The molecular formula is C23H24BrNP+. The van der Waals surface area contributed by atoms with E-state index in [9.17, 15) is 0 Å². The van der Waals surface area contributed by atoms with Gasteiger partial charge in [-0.05, 0) is 49.2 Å². The lowest BCUT2D eigenvalue weighted by atomic mass is 10.3. The second-order valence-corrected chi connectivity index (χ2v) is 9.77. The van der Waals surface area contributed by atoms with Gasteiger partial charge >= 0.3 is 0 Å². The van der Waals surface area contributed by atoms with Gasteiger partial charge in [0.2, 0.25) is 0 Å². The van der Waals surface area contributed by atoms with Crippen molar-refractivity contribution in [2.24, 2.45) is 0 Å². The first-order chi connectivity index (χ1) is 12.4. The number of rotatable bonds is 7. The van der Waals surface area contributed by atoms with Gasteiger partial charge in [0.25, 0.3) is 0 Å². The Hall–Kier alpha value is -1.94. The maximum absolute atomic E-state index is 8.91. The van der Waals surface area contributed by atoms with Gasteiger partial charge in [0, 0.05) is 6.42 Å². The van der Waals surface area contributed by atoms with E-state index in [-0.39, 0.29) is 17.0 Å². The van der Waals surface area contributed by atoms with Crippen LogP contribution in [0.3, 0.4) is 0 Å². The minimum atomic E-state index is -1.70. The highest BCUT2D eigenvalue weighted by molar-refractivity contribution is 8.93. The third-order valence-corrected chi connectivity index (χ3v) is 9.15. The molecular weight excluding hydrogens is 401 g/mol. The zero-order chi connectivity index (χ0) is 17.4. The first kappa shape index (κ1) is 20.4. The lowest BCUT2D eigenvalue weighted by Gasteiger charge is -2.27. The molecule has 3 heteroatoms. The average Bonchev–Trinajstić information content (AvgIpc) is 2.70. The van der Waals surface area contributed by atoms with Crippen LogP contribution < -0.4 is 15.9 Å². The highest BCUT2D eigenvalue weighted by Gasteiger charge is 2.44. The molecule has 0 bridgehead atoms. The summed E-state index contributed by atoms with van der Waals surface area (Å²) in [5.74, 6) is 0. The minimum Gasteiger partial charge on any atom is -0.198 e. The molecule has 3 aromatic rings. The van der Waals surface area contributed by atoms with Crippen LogP contribution in [0.15, 0.2) is 91.0 Å². The summed E-state index contributed by atoms with van der Waals surface area (Å²) in [6.07, 6.45) is 3.77. The Morgan fingerprint density at radius 2 is 1.00 bits per heavy atom. The summed E-state index contributed by atoms with van der Waals surface area (Å²) in [6, 6.07) is 35.1. The molecule has 0 fully saturated rings. The molecule has 0 aliphatic heterocycles. The van der Waals surface area contributed by atoms with E-state index in [1.165, 1.54) is 15.9 Å². The van der Waals surface area contributed by atoms with Crippen LogP contribution in [0.4, 0.5) is 0 Å². The molecule has 0 N–H and O–H groups in total. The van der Waals surface area contributed by atoms with Gasteiger partial charge in [0.1, 0.15) is 23.2 Å². The van der Waals surface area contributed by atoms with E-state index in [0.717, 1.165) is 19.0 Å². The Bertz CT molecular complexity index is 716. The Morgan fingerprint density at radius 1 is 0.615 bits per heavy atom. The molecule has 0 atom stereocenters. The second-order valence-electron chi connectivity index (χ2n) is 6.16. The number of hydrogen-bond acceptors (Lipinski definition) is 1. The first-order valence-corrected chi connectivity index (χ1v) is 10.8. The lowest BCUT2D eigenvalue weighted by Crippen LogP contribution is -2.33. The molecule has 3 aromatic carbocycles. The fourth-order valence-electron chi connectivity index (χ4n) is 3.43. The van der Waals surface area contributed by atoms with E-state index in [1.54, 1.807) is 0 Å². The zero-order valence-electron chi connectivity index (χ0n) is 14.8. The molecule has 0 aromatic heterocycles. The Labute approximate surface area is 167 Å². The van der Waals surface area contributed by atoms with Crippen molar-refractivity contribution in [2.45, 2.75) is 19.3 Å². The van der Waals surface area contributed by atoms with Crippen LogP contribution in [0.5, 0.6) is 0 Å². The van der Waals surface area contributed by atoms with Crippen molar-refractivity contribution in [3.63, 3.8) is 0 Å². The van der Waals surface area contributed by atoms with Crippen molar-refractivity contribution in [2.75, 3.05) is 6.16 Å². The van der Waals surface area contributed by atoms with E-state index in [0.29, 0.717) is 6.42 Å². The summed E-state index contributed by atoms with van der Waals surface area (Å²) < 4.78 is 0. The highest BCUT2D eigenvalue weighted by atomic mass is 79.9. The molecule has 0 saturated carbocycles. The normalized spacial score (nSPS) is 10.6. The van der Waals surface area contributed by atoms with Gasteiger partial charge in [-0.3, -0.25) is 0 Å². The highest BCUT2D eigenvalue weighted by Crippen LogP contribution is 2.55. The van der Waals surface area contributed by atoms with Gasteiger partial charge in [0.15, 0.2) is 0 Å². The molecule has 0 amide bonds. The van der Waals surface area contributed by atoms with Gasteiger partial charge in [0.05, 0.1) is 12.2 Å². The third kappa shape index (κ3) is 4.42. The summed E-state index contributed by atoms with van der Waals surface area (Å²) in [6.45, 7) is 0. The van der Waals surface area contributed by atoms with Crippen molar-refractivity contribution < 1.29 is 0 Å². The molecule has 0 spiro atoms. The van der Waals surface area contributed by atoms with E-state index in [4.69, 9.17) is 5.26 Å². The number of nitrogens with zero attached hydrogens (tertiary/aromatic N) is 1. The average molecular weight is 425 g/mol. The summed E-state index contributed by atoms with van der Waals surface area (Å²) >= 11 is 0. The molecule has 1 nitrogen and oxygen atoms in total. The van der Waals surface area contributed by atoms with Gasteiger partial charge in [-0.1, -0.05) is 54.6 Å². The minimum absolute atomic E-state index is 0. The van der Waals surface area contributed by atoms with Crippen molar-refractivity contribution >= 4 is 40.2 Å². The standard InChI is InChI=1S/C23H23NP.BrH/c24-19-11-4-12-20-25(21-13-5-1-6-14-21,22-15-7-2-8-16-22)23-17-9-3-10-18-23;/h1-3,5-10,13-18H,4,11-12,20H2;1H/q+1;. The molecule has 0 heterocycles. The van der Waals surface area contributed by atoms with E-state index >= 15 is 0 Å². The first-order valence-electron chi connectivity index (χ1n) is 8.80. The molecule has 0 unspecified atom stereocenters. The third-order valence-electron chi connectivity index (χ3n) is 4.62. The van der Waals surface area contributed by atoms with Crippen LogP contribution >= 0.6 is 24.2 Å². The van der Waals surface area contributed by atoms with Crippen LogP contribution in [0, 0.1) is 11.3 Å². The maximum Gasteiger partial charge on any atom is 0.112 e. The number of unbranched alkanes of at least 4 members (excludes halogenated alkanes) is 2. The van der Waals surface area contributed by atoms with Crippen molar-refractivity contribution in [1.29, 1.82) is 5.26 Å². The second kappa shape index (κ2) is 10.3. The van der Waals surface area contributed by atoms with Gasteiger partial charge in [-0.2, -0.15) is 5.26 Å². The monoisotopic (exact) mass is 424 g/mol. The topological polar surface area (TPSA) is 23.8 Å². The van der Waals surface area contributed by atoms with Crippen LogP contribution in [-0.2, 0) is 0 Å². The van der Waals surface area contributed by atoms with Gasteiger partial charge in [-0.15, -0.1) is 17.0 Å². The lowest BCUT2D eigenvalue weighted by molar-refractivity contribution is 0.827. The zero-order valence-corrected chi connectivity index (χ0v) is 17.4. The molecule has 26 heavy (non-hydrogen) atoms. The quantitative estimate of drug-likeness (QED) is 0.375. The number of halogens is 1. The fourth-order valence-corrected chi connectivity index (χ4v) is 7.85. The molecule has 3 rings (SSSR count). The summed E-state index contributed by atoms with van der Waals surface area (Å²) in [5.41, 5.74) is 0. The van der Waals surface area contributed by atoms with Crippen molar-refractivity contribution in [3.8, 4) is 6.07 Å². The summed E-state index contributed by atoms with van der Waals surface area (Å²) in [7, 11) is -1.70. The molecule has 0 saturated heterocycles. The van der Waals surface area contributed by atoms with Crippen molar-refractivity contribution in [1.82, 2.24) is 0 Å². The van der Waals surface area contributed by atoms with Gasteiger partial charge in [-0.25, -0.2) is 0 Å². The number of benzene rings is 3. The van der Waals surface area contributed by atoms with Crippen LogP contribution in [0.2, 0.25) is 0 Å². The molecule has 132 valence electrons. The smallest absolute Gasteiger partial charge is 0.112 e. The van der Waals surface area contributed by atoms with Crippen LogP contribution in [0.25, 0.3) is 0 Å². The Morgan fingerprint density at radius 3 is 1.35 bits per heavy atom. The number of hydrogen-bond donors (Lipinski definition) is 0. The predicted molar refractivity (Wildman–Crippen MR) is 120 cm³/mol. The summed E-state index contributed by atoms with van der Waals surface area (Å²) in [4.78, 5) is 0. The van der Waals surface area contributed by atoms with E-state index in [1.807, 2.05) is 0 Å². The summed E-state index contributed by atoms with van der Waals surface area (Å²) in [5, 5.41) is 13.2. The van der Waals surface area contributed by atoms with E-state index in [2.05, 4.69) is 97.1 Å². The molecule has 0 aliphatic carbocycles. The molecule has 0 aliphatic rings. The molecule has 0 radical (unpaired) electrons. The predicted octanol–water partition coefficient (Wildman–Crippen LogP) is 5.25. The number of nitriles is 1. The maximum atomic E-state index is 8.91. The SMILES string of the molecule is Br.N#CCCCC[P+](c1ccccc1)(c1ccccc1)c1ccccc1. The van der Waals surface area contributed by atoms with Crippen molar-refractivity contribution in [3.05, 3.63) is 91.0 Å². The van der Waals surface area contributed by atoms with Gasteiger partial charge < -0.3 is 0 Å². The van der Waals surface area contributed by atoms with Crippen LogP contribution in [0.1, 0.15) is 19.3 Å². The van der Waals surface area contributed by atoms with E-state index < -0.39 is 7.26 Å². The fraction of sp³-hybridized carbons (Fsp3) is 0.174. The Balaban J connectivity index is 0.00000243. The van der Waals surface area contributed by atoms with Crippen LogP contribution in [-0.4, -0.2) is 6.16 Å². The largest absolute Gasteiger partial charge is 0.198 e. The Kier molecular flexibility index (Phi) is 8.05.